The predicted molar refractivity (Wildman–Crippen MR) is 95.7 cm³/mol. The molecule has 1 atom stereocenters. The lowest BCUT2D eigenvalue weighted by atomic mass is 10.1. The van der Waals surface area contributed by atoms with Gasteiger partial charge in [0.1, 0.15) is 0 Å². The van der Waals surface area contributed by atoms with E-state index in [9.17, 15) is 0 Å². The average molecular weight is 293 g/mol. The molecule has 1 heteroatoms. The molecule has 1 nitrogen and oxygen atoms in total. The van der Waals surface area contributed by atoms with Crippen molar-refractivity contribution in [3.8, 4) is 0 Å². The molecule has 0 saturated carbocycles. The van der Waals surface area contributed by atoms with Gasteiger partial charge >= 0.3 is 0 Å². The number of hydrogen-bond acceptors (Lipinski definition) is 1. The standard InChI is InChI=1S/C10H18O.C10H18/c1-2-3-4-5-6-7-8-10-9-11-10;1-3-5-7-9-10-8-6-4-2/h2,10H,1,3-9H2;3-4H,1-2,5-10H2. The van der Waals surface area contributed by atoms with Crippen LogP contribution in [-0.4, -0.2) is 12.7 Å². The maximum absolute atomic E-state index is 5.12. The van der Waals surface area contributed by atoms with Gasteiger partial charge in [0.05, 0.1) is 12.7 Å². The van der Waals surface area contributed by atoms with E-state index in [1.807, 2.05) is 18.2 Å². The summed E-state index contributed by atoms with van der Waals surface area (Å²) in [6, 6.07) is 0. The Bertz CT molecular complexity index is 228. The molecular weight excluding hydrogens is 256 g/mol. The molecular formula is C20H36O. The van der Waals surface area contributed by atoms with Crippen LogP contribution in [-0.2, 0) is 4.74 Å². The highest BCUT2D eigenvalue weighted by Crippen LogP contribution is 2.17. The van der Waals surface area contributed by atoms with Crippen molar-refractivity contribution in [1.82, 2.24) is 0 Å². The van der Waals surface area contributed by atoms with Crippen LogP contribution >= 0.6 is 0 Å². The van der Waals surface area contributed by atoms with Crippen LogP contribution in [0, 0.1) is 0 Å². The first-order chi connectivity index (χ1) is 10.3. The largest absolute Gasteiger partial charge is 0.373 e. The lowest BCUT2D eigenvalue weighted by Gasteiger charge is -1.96. The quantitative estimate of drug-likeness (QED) is 0.199. The van der Waals surface area contributed by atoms with E-state index in [0.717, 1.165) is 6.61 Å². The van der Waals surface area contributed by atoms with Gasteiger partial charge < -0.3 is 4.74 Å². The second kappa shape index (κ2) is 17.2. The van der Waals surface area contributed by atoms with E-state index in [0.29, 0.717) is 6.10 Å². The summed E-state index contributed by atoms with van der Waals surface area (Å²) in [6.07, 6.45) is 22.1. The van der Waals surface area contributed by atoms with E-state index in [-0.39, 0.29) is 0 Å². The van der Waals surface area contributed by atoms with Gasteiger partial charge in [0.25, 0.3) is 0 Å². The van der Waals surface area contributed by atoms with E-state index >= 15 is 0 Å². The third-order valence-electron chi connectivity index (χ3n) is 3.65. The first kappa shape index (κ1) is 20.2. The van der Waals surface area contributed by atoms with Crippen LogP contribution in [0.25, 0.3) is 0 Å². The third kappa shape index (κ3) is 19.2. The van der Waals surface area contributed by atoms with Gasteiger partial charge in [0.15, 0.2) is 0 Å². The minimum absolute atomic E-state index is 0.634. The summed E-state index contributed by atoms with van der Waals surface area (Å²) < 4.78 is 5.12. The summed E-state index contributed by atoms with van der Waals surface area (Å²) in [7, 11) is 0. The Morgan fingerprint density at radius 3 is 1.38 bits per heavy atom. The molecule has 122 valence electrons. The molecule has 0 aliphatic carbocycles. The minimum atomic E-state index is 0.634. The molecule has 0 amide bonds. The number of allylic oxidation sites excluding steroid dienone is 3. The second-order valence-corrected chi connectivity index (χ2v) is 5.80. The van der Waals surface area contributed by atoms with Gasteiger partial charge in [0, 0.05) is 0 Å². The molecule has 1 unspecified atom stereocenters. The normalized spacial score (nSPS) is 15.7. The molecule has 1 heterocycles. The van der Waals surface area contributed by atoms with Crippen molar-refractivity contribution in [1.29, 1.82) is 0 Å². The summed E-state index contributed by atoms with van der Waals surface area (Å²) >= 11 is 0. The fraction of sp³-hybridized carbons (Fsp3) is 0.700. The fourth-order valence-corrected chi connectivity index (χ4v) is 2.18. The van der Waals surface area contributed by atoms with Crippen LogP contribution < -0.4 is 0 Å². The highest BCUT2D eigenvalue weighted by Gasteiger charge is 2.20. The first-order valence-electron chi connectivity index (χ1n) is 8.79. The molecule has 0 aromatic carbocycles. The zero-order valence-corrected chi connectivity index (χ0v) is 14.0. The van der Waals surface area contributed by atoms with E-state index in [1.165, 1.54) is 77.0 Å². The second-order valence-electron chi connectivity index (χ2n) is 5.80. The van der Waals surface area contributed by atoms with Gasteiger partial charge in [-0.2, -0.15) is 0 Å². The minimum Gasteiger partial charge on any atom is -0.373 e. The number of ether oxygens (including phenoxy) is 1. The molecule has 0 radical (unpaired) electrons. The van der Waals surface area contributed by atoms with Crippen LogP contribution in [0.2, 0.25) is 0 Å². The molecule has 1 rings (SSSR count). The van der Waals surface area contributed by atoms with Gasteiger partial charge in [-0.1, -0.05) is 50.3 Å². The Hall–Kier alpha value is -0.820. The summed E-state index contributed by atoms with van der Waals surface area (Å²) in [5.41, 5.74) is 0. The van der Waals surface area contributed by atoms with Crippen molar-refractivity contribution in [3.63, 3.8) is 0 Å². The van der Waals surface area contributed by atoms with Gasteiger partial charge in [0.2, 0.25) is 0 Å². The van der Waals surface area contributed by atoms with Crippen molar-refractivity contribution >= 4 is 0 Å². The van der Waals surface area contributed by atoms with Crippen LogP contribution in [0.4, 0.5) is 0 Å². The van der Waals surface area contributed by atoms with E-state index in [4.69, 9.17) is 4.74 Å². The molecule has 1 fully saturated rings. The highest BCUT2D eigenvalue weighted by molar-refractivity contribution is 4.69. The highest BCUT2D eigenvalue weighted by atomic mass is 16.6. The maximum Gasteiger partial charge on any atom is 0.0810 e. The molecule has 0 aromatic heterocycles. The Morgan fingerprint density at radius 1 is 0.667 bits per heavy atom. The summed E-state index contributed by atoms with van der Waals surface area (Å²) in [4.78, 5) is 0. The van der Waals surface area contributed by atoms with E-state index in [1.54, 1.807) is 0 Å². The lowest BCUT2D eigenvalue weighted by molar-refractivity contribution is 0.388. The molecule has 1 aliphatic heterocycles. The Morgan fingerprint density at radius 2 is 1.05 bits per heavy atom. The van der Waals surface area contributed by atoms with Gasteiger partial charge in [-0.05, 0) is 44.9 Å². The number of rotatable bonds is 14. The van der Waals surface area contributed by atoms with E-state index in [2.05, 4.69) is 19.7 Å². The van der Waals surface area contributed by atoms with Crippen molar-refractivity contribution in [2.24, 2.45) is 0 Å². The van der Waals surface area contributed by atoms with Crippen LogP contribution in [0.15, 0.2) is 38.0 Å². The first-order valence-corrected chi connectivity index (χ1v) is 8.79. The van der Waals surface area contributed by atoms with E-state index < -0.39 is 0 Å². The Kier molecular flexibility index (Phi) is 16.6. The zero-order valence-electron chi connectivity index (χ0n) is 14.0. The van der Waals surface area contributed by atoms with Crippen LogP contribution in [0.1, 0.15) is 77.0 Å². The third-order valence-corrected chi connectivity index (χ3v) is 3.65. The van der Waals surface area contributed by atoms with Gasteiger partial charge in [-0.15, -0.1) is 19.7 Å². The Labute approximate surface area is 133 Å². The van der Waals surface area contributed by atoms with Crippen molar-refractivity contribution in [3.05, 3.63) is 38.0 Å². The smallest absolute Gasteiger partial charge is 0.0810 e. The zero-order chi connectivity index (χ0) is 15.6. The van der Waals surface area contributed by atoms with Crippen molar-refractivity contribution in [2.75, 3.05) is 6.61 Å². The molecule has 0 spiro atoms. The number of epoxide rings is 1. The number of unbranched alkanes of at least 4 members (excludes halogenated alkanes) is 9. The lowest BCUT2D eigenvalue weighted by Crippen LogP contribution is -1.85. The Balaban J connectivity index is 0.000000384. The predicted octanol–water partition coefficient (Wildman–Crippen LogP) is 6.61. The summed E-state index contributed by atoms with van der Waals surface area (Å²) in [5.74, 6) is 0. The van der Waals surface area contributed by atoms with Crippen molar-refractivity contribution < 1.29 is 4.74 Å². The molecule has 21 heavy (non-hydrogen) atoms. The van der Waals surface area contributed by atoms with Gasteiger partial charge in [-0.3, -0.25) is 0 Å². The van der Waals surface area contributed by atoms with Gasteiger partial charge in [-0.25, -0.2) is 0 Å². The SMILES string of the molecule is C=CCCCCCCC1CO1.C=CCCCCCCC=C. The topological polar surface area (TPSA) is 12.5 Å². The fourth-order valence-electron chi connectivity index (χ4n) is 2.18. The molecule has 0 aromatic rings. The summed E-state index contributed by atoms with van der Waals surface area (Å²) in [6.45, 7) is 12.1. The van der Waals surface area contributed by atoms with Crippen LogP contribution in [0.5, 0.6) is 0 Å². The average Bonchev–Trinajstić information content (AvgIpc) is 3.31. The van der Waals surface area contributed by atoms with Crippen LogP contribution in [0.3, 0.4) is 0 Å². The molecule has 0 N–H and O–H groups in total. The number of hydrogen-bond donors (Lipinski definition) is 0. The monoisotopic (exact) mass is 292 g/mol. The van der Waals surface area contributed by atoms with Crippen molar-refractivity contribution in [2.45, 2.75) is 83.2 Å². The summed E-state index contributed by atoms with van der Waals surface area (Å²) in [5, 5.41) is 0. The molecule has 1 aliphatic rings. The maximum atomic E-state index is 5.12. The molecule has 1 saturated heterocycles. The molecule has 0 bridgehead atoms.